The average molecular weight is 440 g/mol. The summed E-state index contributed by atoms with van der Waals surface area (Å²) in [5.74, 6) is 0.479. The molecule has 0 amide bonds. The first kappa shape index (κ1) is 20.4. The number of thiocarbonyl (C=S) groups is 1. The average Bonchev–Trinajstić information content (AvgIpc) is 3.44. The van der Waals surface area contributed by atoms with Crippen molar-refractivity contribution in [2.75, 3.05) is 4.90 Å². The number of hydrogen-bond donors (Lipinski definition) is 1. The third kappa shape index (κ3) is 3.67. The van der Waals surface area contributed by atoms with E-state index in [2.05, 4.69) is 93.3 Å². The van der Waals surface area contributed by atoms with E-state index in [0.717, 1.165) is 22.8 Å². The largest absolute Gasteiger partial charge is 0.351 e. The summed E-state index contributed by atoms with van der Waals surface area (Å²) in [6.45, 7) is 4.41. The lowest BCUT2D eigenvalue weighted by molar-refractivity contribution is 0.549. The van der Waals surface area contributed by atoms with Gasteiger partial charge in [-0.25, -0.2) is 0 Å². The first-order valence-corrected chi connectivity index (χ1v) is 11.2. The van der Waals surface area contributed by atoms with Crippen LogP contribution in [0.3, 0.4) is 0 Å². The monoisotopic (exact) mass is 439 g/mol. The first-order valence-electron chi connectivity index (χ1n) is 10.8. The Labute approximate surface area is 193 Å². The van der Waals surface area contributed by atoms with Crippen molar-refractivity contribution in [3.05, 3.63) is 108 Å². The third-order valence-corrected chi connectivity index (χ3v) is 6.26. The van der Waals surface area contributed by atoms with E-state index in [9.17, 15) is 0 Å². The maximum absolute atomic E-state index is 5.86. The molecule has 2 atom stereocenters. The molecule has 5 nitrogen and oxygen atoms in total. The van der Waals surface area contributed by atoms with Crippen molar-refractivity contribution in [3.63, 3.8) is 0 Å². The lowest BCUT2D eigenvalue weighted by Crippen LogP contribution is -2.30. The summed E-state index contributed by atoms with van der Waals surface area (Å²) in [5.41, 5.74) is 5.46. The fraction of sp³-hybridized carbons (Fsp3) is 0.192. The molecule has 4 heterocycles. The van der Waals surface area contributed by atoms with E-state index in [-0.39, 0.29) is 12.1 Å². The summed E-state index contributed by atoms with van der Waals surface area (Å²) < 4.78 is 2.18. The molecule has 6 heteroatoms. The lowest BCUT2D eigenvalue weighted by Gasteiger charge is -2.29. The van der Waals surface area contributed by atoms with Crippen LogP contribution in [-0.2, 0) is 0 Å². The molecular weight excluding hydrogens is 414 g/mol. The molecule has 0 aliphatic carbocycles. The van der Waals surface area contributed by atoms with Crippen LogP contribution in [0.15, 0.2) is 91.5 Å². The van der Waals surface area contributed by atoms with E-state index in [0.29, 0.717) is 11.0 Å². The Morgan fingerprint density at radius 2 is 1.75 bits per heavy atom. The first-order chi connectivity index (χ1) is 15.6. The van der Waals surface area contributed by atoms with Crippen molar-refractivity contribution in [1.29, 1.82) is 0 Å². The molecule has 1 aromatic carbocycles. The maximum atomic E-state index is 5.86. The van der Waals surface area contributed by atoms with Crippen molar-refractivity contribution < 1.29 is 0 Å². The summed E-state index contributed by atoms with van der Waals surface area (Å²) in [6.07, 6.45) is 7.57. The summed E-state index contributed by atoms with van der Waals surface area (Å²) in [6, 6.07) is 22.8. The Kier molecular flexibility index (Phi) is 5.45. The molecule has 1 fully saturated rings. The van der Waals surface area contributed by atoms with Crippen molar-refractivity contribution >= 4 is 23.0 Å². The molecule has 0 spiro atoms. The summed E-state index contributed by atoms with van der Waals surface area (Å²) in [4.78, 5) is 11.2. The Hall–Kier alpha value is -3.51. The van der Waals surface area contributed by atoms with Crippen molar-refractivity contribution in [3.8, 4) is 5.69 Å². The SMILES string of the molecule is CC(C)c1ccc(N2C(=S)NC(c3ccccn3)C2c2cccn2-c2cccnc2)cc1. The van der Waals surface area contributed by atoms with Crippen LogP contribution < -0.4 is 10.2 Å². The molecule has 32 heavy (non-hydrogen) atoms. The number of nitrogens with zero attached hydrogens (tertiary/aromatic N) is 4. The van der Waals surface area contributed by atoms with E-state index in [4.69, 9.17) is 12.2 Å². The molecular formula is C26H25N5S. The van der Waals surface area contributed by atoms with Gasteiger partial charge in [-0.2, -0.15) is 0 Å². The number of rotatable bonds is 5. The zero-order chi connectivity index (χ0) is 22.1. The molecule has 0 bridgehead atoms. The van der Waals surface area contributed by atoms with Gasteiger partial charge in [0.05, 0.1) is 23.6 Å². The molecule has 160 valence electrons. The molecule has 3 aromatic heterocycles. The van der Waals surface area contributed by atoms with E-state index in [1.807, 2.05) is 30.6 Å². The Morgan fingerprint density at radius 1 is 0.906 bits per heavy atom. The topological polar surface area (TPSA) is 46.0 Å². The predicted molar refractivity (Wildman–Crippen MR) is 132 cm³/mol. The molecule has 5 rings (SSSR count). The van der Waals surface area contributed by atoms with Crippen LogP contribution in [0.4, 0.5) is 5.69 Å². The van der Waals surface area contributed by atoms with E-state index >= 15 is 0 Å². The van der Waals surface area contributed by atoms with Gasteiger partial charge in [0, 0.05) is 30.0 Å². The van der Waals surface area contributed by atoms with Gasteiger partial charge in [-0.3, -0.25) is 9.97 Å². The predicted octanol–water partition coefficient (Wildman–Crippen LogP) is 5.57. The van der Waals surface area contributed by atoms with Gasteiger partial charge in [0.25, 0.3) is 0 Å². The van der Waals surface area contributed by atoms with E-state index in [1.54, 1.807) is 6.20 Å². The smallest absolute Gasteiger partial charge is 0.174 e. The van der Waals surface area contributed by atoms with Gasteiger partial charge >= 0.3 is 0 Å². The van der Waals surface area contributed by atoms with Crippen LogP contribution in [-0.4, -0.2) is 19.6 Å². The molecule has 1 N–H and O–H groups in total. The molecule has 1 saturated heterocycles. The van der Waals surface area contributed by atoms with Crippen LogP contribution >= 0.6 is 12.2 Å². The maximum Gasteiger partial charge on any atom is 0.174 e. The second kappa shape index (κ2) is 8.55. The van der Waals surface area contributed by atoms with E-state index in [1.165, 1.54) is 5.56 Å². The van der Waals surface area contributed by atoms with Crippen LogP contribution in [0.5, 0.6) is 0 Å². The van der Waals surface area contributed by atoms with Gasteiger partial charge in [-0.05, 0) is 72.2 Å². The van der Waals surface area contributed by atoms with Gasteiger partial charge in [0.1, 0.15) is 6.04 Å². The molecule has 1 aliphatic rings. The van der Waals surface area contributed by atoms with Crippen molar-refractivity contribution in [1.82, 2.24) is 19.9 Å². The van der Waals surface area contributed by atoms with Crippen LogP contribution in [0.2, 0.25) is 0 Å². The second-order valence-electron chi connectivity index (χ2n) is 8.26. The van der Waals surface area contributed by atoms with Crippen LogP contribution in [0.25, 0.3) is 5.69 Å². The van der Waals surface area contributed by atoms with Crippen molar-refractivity contribution in [2.24, 2.45) is 0 Å². The Bertz CT molecular complexity index is 1200. The van der Waals surface area contributed by atoms with Crippen LogP contribution in [0, 0.1) is 0 Å². The number of hydrogen-bond acceptors (Lipinski definition) is 3. The zero-order valence-corrected chi connectivity index (χ0v) is 18.9. The number of anilines is 1. The number of aromatic nitrogens is 3. The number of pyridine rings is 2. The van der Waals surface area contributed by atoms with Gasteiger partial charge < -0.3 is 14.8 Å². The molecule has 0 saturated carbocycles. The second-order valence-corrected chi connectivity index (χ2v) is 8.64. The van der Waals surface area contributed by atoms with Gasteiger partial charge in [0.2, 0.25) is 0 Å². The summed E-state index contributed by atoms with van der Waals surface area (Å²) in [7, 11) is 0. The van der Waals surface area contributed by atoms with Gasteiger partial charge in [-0.15, -0.1) is 0 Å². The minimum Gasteiger partial charge on any atom is -0.351 e. The van der Waals surface area contributed by atoms with E-state index < -0.39 is 0 Å². The highest BCUT2D eigenvalue weighted by molar-refractivity contribution is 7.80. The fourth-order valence-electron chi connectivity index (χ4n) is 4.32. The number of nitrogens with one attached hydrogen (secondary N) is 1. The highest BCUT2D eigenvalue weighted by atomic mass is 32.1. The van der Waals surface area contributed by atoms with Gasteiger partial charge in [-0.1, -0.05) is 32.0 Å². The summed E-state index contributed by atoms with van der Waals surface area (Å²) >= 11 is 5.86. The molecule has 1 aliphatic heterocycles. The molecule has 2 unspecified atom stereocenters. The summed E-state index contributed by atoms with van der Waals surface area (Å²) in [5, 5.41) is 4.24. The number of benzene rings is 1. The third-order valence-electron chi connectivity index (χ3n) is 5.94. The minimum absolute atomic E-state index is 0.0718. The minimum atomic E-state index is -0.0844. The normalized spacial score (nSPS) is 18.2. The highest BCUT2D eigenvalue weighted by Gasteiger charge is 2.42. The Balaban J connectivity index is 1.64. The zero-order valence-electron chi connectivity index (χ0n) is 18.1. The van der Waals surface area contributed by atoms with Crippen LogP contribution in [0.1, 0.15) is 48.8 Å². The van der Waals surface area contributed by atoms with Crippen molar-refractivity contribution in [2.45, 2.75) is 31.8 Å². The Morgan fingerprint density at radius 3 is 2.44 bits per heavy atom. The highest BCUT2D eigenvalue weighted by Crippen LogP contribution is 2.42. The fourth-order valence-corrected chi connectivity index (χ4v) is 4.67. The van der Waals surface area contributed by atoms with Gasteiger partial charge in [0.15, 0.2) is 5.11 Å². The quantitative estimate of drug-likeness (QED) is 0.412. The molecule has 0 radical (unpaired) electrons. The molecule has 4 aromatic rings. The lowest BCUT2D eigenvalue weighted by atomic mass is 9.99. The standard InChI is InChI=1S/C26H25N5S/c1-18(2)19-10-12-20(13-11-19)31-25(24(29-26(31)32)22-8-3-4-15-28-22)23-9-6-16-30(23)21-7-5-14-27-17-21/h3-18,24-25H,1-2H3,(H,29,32).